The van der Waals surface area contributed by atoms with Crippen LogP contribution in [-0.2, 0) is 4.79 Å². The summed E-state index contributed by atoms with van der Waals surface area (Å²) in [5.74, 6) is -2.52. The average molecular weight is 208 g/mol. The molecule has 1 aromatic rings. The Labute approximate surface area is 85.5 Å². The number of carboxylic acid groups (broad SMARTS) is 1. The maximum Gasteiger partial charge on any atom is 0.307 e. The minimum Gasteiger partial charge on any atom is -0.481 e. The number of carbonyl (C=O) groups is 2. The number of hydrogen-bond acceptors (Lipinski definition) is 2. The molecule has 1 fully saturated rings. The fraction of sp³-hybridized carbons (Fsp3) is 0.273. The summed E-state index contributed by atoms with van der Waals surface area (Å²) in [6.07, 6.45) is 0.394. The van der Waals surface area contributed by atoms with Gasteiger partial charge in [-0.3, -0.25) is 9.59 Å². The summed E-state index contributed by atoms with van der Waals surface area (Å²) in [7, 11) is 0. The van der Waals surface area contributed by atoms with Gasteiger partial charge in [0.1, 0.15) is 5.82 Å². The van der Waals surface area contributed by atoms with E-state index in [-0.39, 0.29) is 5.78 Å². The van der Waals surface area contributed by atoms with Crippen molar-refractivity contribution in [2.24, 2.45) is 11.8 Å². The Morgan fingerprint density at radius 1 is 1.20 bits per heavy atom. The number of ketones is 1. The highest BCUT2D eigenvalue weighted by molar-refractivity contribution is 6.02. The van der Waals surface area contributed by atoms with E-state index in [9.17, 15) is 14.0 Å². The Kier molecular flexibility index (Phi) is 2.26. The number of carboxylic acids is 1. The normalized spacial score (nSPS) is 23.5. The molecule has 1 aliphatic carbocycles. The molecule has 78 valence electrons. The van der Waals surface area contributed by atoms with Crippen LogP contribution in [-0.4, -0.2) is 16.9 Å². The Hall–Kier alpha value is -1.71. The lowest BCUT2D eigenvalue weighted by molar-refractivity contribution is -0.138. The summed E-state index contributed by atoms with van der Waals surface area (Å²) in [6, 6.07) is 5.17. The number of rotatable bonds is 3. The predicted octanol–water partition coefficient (Wildman–Crippen LogP) is 1.73. The largest absolute Gasteiger partial charge is 0.481 e. The van der Waals surface area contributed by atoms with Crippen molar-refractivity contribution in [1.29, 1.82) is 0 Å². The van der Waals surface area contributed by atoms with Crippen molar-refractivity contribution in [1.82, 2.24) is 0 Å². The molecule has 1 N–H and O–H groups in total. The van der Waals surface area contributed by atoms with Crippen molar-refractivity contribution < 1.29 is 19.1 Å². The standard InChI is InChI=1S/C11H9FO3/c12-7-3-1-6(2-4-7)10(13)8-5-9(8)11(14)15/h1-4,8-9H,5H2,(H,14,15)/t8-,9-/m1/s1. The summed E-state index contributed by atoms with van der Waals surface area (Å²) in [4.78, 5) is 22.2. The zero-order chi connectivity index (χ0) is 11.0. The molecule has 0 heterocycles. The highest BCUT2D eigenvalue weighted by Crippen LogP contribution is 2.41. The van der Waals surface area contributed by atoms with E-state index in [1.807, 2.05) is 0 Å². The lowest BCUT2D eigenvalue weighted by Gasteiger charge is -1.98. The summed E-state index contributed by atoms with van der Waals surface area (Å²) in [6.45, 7) is 0. The summed E-state index contributed by atoms with van der Waals surface area (Å²) < 4.78 is 12.6. The van der Waals surface area contributed by atoms with E-state index in [0.717, 1.165) is 0 Å². The molecule has 1 saturated carbocycles. The van der Waals surface area contributed by atoms with Gasteiger partial charge in [0, 0.05) is 11.5 Å². The first-order valence-electron chi connectivity index (χ1n) is 4.62. The third kappa shape index (κ3) is 1.88. The van der Waals surface area contributed by atoms with Gasteiger partial charge >= 0.3 is 5.97 Å². The third-order valence-corrected chi connectivity index (χ3v) is 2.57. The van der Waals surface area contributed by atoms with Crippen LogP contribution in [0.1, 0.15) is 16.8 Å². The van der Waals surface area contributed by atoms with E-state index >= 15 is 0 Å². The van der Waals surface area contributed by atoms with Crippen LogP contribution >= 0.6 is 0 Å². The van der Waals surface area contributed by atoms with Gasteiger partial charge in [-0.15, -0.1) is 0 Å². The molecule has 4 heteroatoms. The van der Waals surface area contributed by atoms with Crippen LogP contribution in [0.5, 0.6) is 0 Å². The minimum atomic E-state index is -0.935. The fourth-order valence-electron chi connectivity index (χ4n) is 1.59. The van der Waals surface area contributed by atoms with Gasteiger partial charge in [0.05, 0.1) is 5.92 Å². The molecule has 0 amide bonds. The van der Waals surface area contributed by atoms with Gasteiger partial charge in [-0.1, -0.05) is 0 Å². The minimum absolute atomic E-state index is 0.206. The second-order valence-electron chi connectivity index (χ2n) is 3.66. The van der Waals surface area contributed by atoms with Crippen molar-refractivity contribution in [3.8, 4) is 0 Å². The van der Waals surface area contributed by atoms with Crippen LogP contribution in [0.25, 0.3) is 0 Å². The molecular weight excluding hydrogens is 199 g/mol. The molecule has 0 unspecified atom stereocenters. The first-order chi connectivity index (χ1) is 7.09. The molecule has 0 radical (unpaired) electrons. The van der Waals surface area contributed by atoms with Crippen molar-refractivity contribution in [2.45, 2.75) is 6.42 Å². The van der Waals surface area contributed by atoms with E-state index < -0.39 is 23.6 Å². The topological polar surface area (TPSA) is 54.4 Å². The summed E-state index contributed by atoms with van der Waals surface area (Å²) in [5, 5.41) is 8.65. The first kappa shape index (κ1) is 9.83. The van der Waals surface area contributed by atoms with E-state index in [1.165, 1.54) is 24.3 Å². The highest BCUT2D eigenvalue weighted by Gasteiger charge is 2.48. The molecule has 0 bridgehead atoms. The van der Waals surface area contributed by atoms with Gasteiger partial charge in [-0.05, 0) is 30.7 Å². The maximum atomic E-state index is 12.6. The lowest BCUT2D eigenvalue weighted by atomic mass is 10.1. The number of halogens is 1. The molecular formula is C11H9FO3. The molecule has 0 aromatic heterocycles. The average Bonchev–Trinajstić information content (AvgIpc) is 2.97. The van der Waals surface area contributed by atoms with Crippen molar-refractivity contribution in [3.05, 3.63) is 35.6 Å². The zero-order valence-corrected chi connectivity index (χ0v) is 7.81. The van der Waals surface area contributed by atoms with Crippen LogP contribution in [0, 0.1) is 17.7 Å². The fourth-order valence-corrected chi connectivity index (χ4v) is 1.59. The lowest BCUT2D eigenvalue weighted by Crippen LogP contribution is -2.08. The molecule has 0 aliphatic heterocycles. The van der Waals surface area contributed by atoms with Crippen molar-refractivity contribution in [2.75, 3.05) is 0 Å². The molecule has 2 rings (SSSR count). The van der Waals surface area contributed by atoms with Crippen LogP contribution in [0.15, 0.2) is 24.3 Å². The zero-order valence-electron chi connectivity index (χ0n) is 7.81. The third-order valence-electron chi connectivity index (χ3n) is 2.57. The van der Waals surface area contributed by atoms with E-state index in [0.29, 0.717) is 12.0 Å². The van der Waals surface area contributed by atoms with Gasteiger partial charge in [0.15, 0.2) is 5.78 Å². The molecule has 2 atom stereocenters. The van der Waals surface area contributed by atoms with E-state index in [2.05, 4.69) is 0 Å². The highest BCUT2D eigenvalue weighted by atomic mass is 19.1. The smallest absolute Gasteiger partial charge is 0.307 e. The Balaban J connectivity index is 2.10. The van der Waals surface area contributed by atoms with E-state index in [4.69, 9.17) is 5.11 Å². The van der Waals surface area contributed by atoms with Crippen molar-refractivity contribution in [3.63, 3.8) is 0 Å². The van der Waals surface area contributed by atoms with E-state index in [1.54, 1.807) is 0 Å². The van der Waals surface area contributed by atoms with Crippen LogP contribution < -0.4 is 0 Å². The molecule has 0 saturated heterocycles. The molecule has 1 aromatic carbocycles. The SMILES string of the molecule is O=C(O)[C@@H]1C[C@H]1C(=O)c1ccc(F)cc1. The van der Waals surface area contributed by atoms with Crippen molar-refractivity contribution >= 4 is 11.8 Å². The molecule has 3 nitrogen and oxygen atoms in total. The number of benzene rings is 1. The number of carbonyl (C=O) groups excluding carboxylic acids is 1. The Morgan fingerprint density at radius 2 is 1.80 bits per heavy atom. The monoisotopic (exact) mass is 208 g/mol. The molecule has 15 heavy (non-hydrogen) atoms. The maximum absolute atomic E-state index is 12.6. The van der Waals surface area contributed by atoms with Crippen LogP contribution in [0.2, 0.25) is 0 Å². The van der Waals surface area contributed by atoms with Gasteiger partial charge in [-0.25, -0.2) is 4.39 Å². The number of Topliss-reactive ketones (excluding diaryl/α,β-unsaturated/α-hetero) is 1. The summed E-state index contributed by atoms with van der Waals surface area (Å²) in [5.41, 5.74) is 0.380. The van der Waals surface area contributed by atoms with Gasteiger partial charge in [-0.2, -0.15) is 0 Å². The van der Waals surface area contributed by atoms with Gasteiger partial charge in [0.2, 0.25) is 0 Å². The first-order valence-corrected chi connectivity index (χ1v) is 4.62. The van der Waals surface area contributed by atoms with Crippen LogP contribution in [0.4, 0.5) is 4.39 Å². The molecule has 0 spiro atoms. The van der Waals surface area contributed by atoms with Crippen LogP contribution in [0.3, 0.4) is 0 Å². The Bertz CT molecular complexity index is 410. The quantitative estimate of drug-likeness (QED) is 0.769. The predicted molar refractivity (Wildman–Crippen MR) is 50.0 cm³/mol. The molecule has 1 aliphatic rings. The summed E-state index contributed by atoms with van der Waals surface area (Å²) >= 11 is 0. The second kappa shape index (κ2) is 3.46. The number of hydrogen-bond donors (Lipinski definition) is 1. The van der Waals surface area contributed by atoms with Gasteiger partial charge < -0.3 is 5.11 Å². The van der Waals surface area contributed by atoms with Gasteiger partial charge in [0.25, 0.3) is 0 Å². The number of aliphatic carboxylic acids is 1. The Morgan fingerprint density at radius 3 is 2.27 bits per heavy atom. The second-order valence-corrected chi connectivity index (χ2v) is 3.66.